The van der Waals surface area contributed by atoms with Crippen LogP contribution in [-0.4, -0.2) is 29.0 Å². The topological polar surface area (TPSA) is 39.1 Å². The maximum absolute atomic E-state index is 5.66. The van der Waals surface area contributed by atoms with Gasteiger partial charge in [0.15, 0.2) is 5.75 Å². The molecular weight excluding hydrogens is 226 g/mol. The molecule has 1 aromatic rings. The summed E-state index contributed by atoms with van der Waals surface area (Å²) in [5.74, 6) is 0.879. The van der Waals surface area contributed by atoms with Crippen LogP contribution in [0.15, 0.2) is 12.4 Å². The Kier molecular flexibility index (Phi) is 6.80. The minimum Gasteiger partial charge on any atom is -0.490 e. The van der Waals surface area contributed by atoms with Crippen molar-refractivity contribution in [2.75, 3.05) is 13.2 Å². The van der Waals surface area contributed by atoms with E-state index in [2.05, 4.69) is 38.1 Å². The second-order valence-corrected chi connectivity index (χ2v) is 5.27. The summed E-state index contributed by atoms with van der Waals surface area (Å²) in [6.07, 6.45) is 7.28. The Morgan fingerprint density at radius 3 is 2.61 bits per heavy atom. The number of unbranched alkanes of at least 4 members (excludes halogenated alkanes) is 2. The van der Waals surface area contributed by atoms with Crippen LogP contribution < -0.4 is 10.1 Å². The van der Waals surface area contributed by atoms with Gasteiger partial charge in [0.25, 0.3) is 0 Å². The van der Waals surface area contributed by atoms with Gasteiger partial charge in [-0.3, -0.25) is 4.68 Å². The molecule has 0 aliphatic rings. The number of ether oxygens (including phenoxy) is 1. The Bertz CT molecular complexity index is 321. The summed E-state index contributed by atoms with van der Waals surface area (Å²) in [5.41, 5.74) is 0. The molecule has 0 unspecified atom stereocenters. The first-order valence-electron chi connectivity index (χ1n) is 7.00. The molecule has 104 valence electrons. The molecule has 4 nitrogen and oxygen atoms in total. The number of hydrogen-bond donors (Lipinski definition) is 1. The fourth-order valence-electron chi connectivity index (χ4n) is 1.66. The Morgan fingerprint density at radius 1 is 1.22 bits per heavy atom. The third-order valence-corrected chi connectivity index (χ3v) is 2.75. The van der Waals surface area contributed by atoms with Crippen LogP contribution in [0.3, 0.4) is 0 Å². The molecule has 0 aromatic carbocycles. The van der Waals surface area contributed by atoms with Gasteiger partial charge < -0.3 is 10.1 Å². The Labute approximate surface area is 111 Å². The summed E-state index contributed by atoms with van der Waals surface area (Å²) >= 11 is 0. The van der Waals surface area contributed by atoms with Crippen molar-refractivity contribution in [3.8, 4) is 5.75 Å². The van der Waals surface area contributed by atoms with Crippen molar-refractivity contribution in [3.63, 3.8) is 0 Å². The van der Waals surface area contributed by atoms with Crippen molar-refractivity contribution in [1.82, 2.24) is 15.1 Å². The first-order chi connectivity index (χ1) is 8.59. The number of rotatable bonds is 9. The van der Waals surface area contributed by atoms with E-state index in [4.69, 9.17) is 4.74 Å². The molecule has 0 radical (unpaired) electrons. The first-order valence-corrected chi connectivity index (χ1v) is 7.00. The van der Waals surface area contributed by atoms with Crippen LogP contribution in [0.1, 0.15) is 53.0 Å². The van der Waals surface area contributed by atoms with Gasteiger partial charge in [0, 0.05) is 12.1 Å². The van der Waals surface area contributed by atoms with E-state index in [1.165, 1.54) is 12.8 Å². The second kappa shape index (κ2) is 8.14. The summed E-state index contributed by atoms with van der Waals surface area (Å²) in [6, 6.07) is 0.979. The molecule has 0 saturated carbocycles. The van der Waals surface area contributed by atoms with Crippen LogP contribution in [0, 0.1) is 0 Å². The van der Waals surface area contributed by atoms with Crippen LogP contribution in [-0.2, 0) is 0 Å². The number of nitrogens with one attached hydrogen (secondary N) is 1. The third-order valence-electron chi connectivity index (χ3n) is 2.75. The molecule has 0 bridgehead atoms. The van der Waals surface area contributed by atoms with Gasteiger partial charge in [-0.05, 0) is 39.7 Å². The van der Waals surface area contributed by atoms with E-state index in [1.807, 2.05) is 10.9 Å². The van der Waals surface area contributed by atoms with Gasteiger partial charge >= 0.3 is 0 Å². The van der Waals surface area contributed by atoms with Gasteiger partial charge in [0.05, 0.1) is 19.0 Å². The van der Waals surface area contributed by atoms with Crippen molar-refractivity contribution in [3.05, 3.63) is 12.4 Å². The largest absolute Gasteiger partial charge is 0.490 e. The molecule has 18 heavy (non-hydrogen) atoms. The molecule has 0 aliphatic heterocycles. The maximum atomic E-state index is 5.66. The van der Waals surface area contributed by atoms with Crippen LogP contribution in [0.25, 0.3) is 0 Å². The molecule has 0 amide bonds. The Hall–Kier alpha value is -1.03. The van der Waals surface area contributed by atoms with Crippen molar-refractivity contribution in [2.45, 2.75) is 59.0 Å². The van der Waals surface area contributed by atoms with E-state index in [-0.39, 0.29) is 0 Å². The Balaban J connectivity index is 2.03. The van der Waals surface area contributed by atoms with Crippen molar-refractivity contribution in [2.24, 2.45) is 0 Å². The summed E-state index contributed by atoms with van der Waals surface area (Å²) in [7, 11) is 0. The molecule has 1 heterocycles. The van der Waals surface area contributed by atoms with Gasteiger partial charge in [0.1, 0.15) is 0 Å². The smallest absolute Gasteiger partial charge is 0.157 e. The van der Waals surface area contributed by atoms with Crippen LogP contribution >= 0.6 is 0 Å². The SMILES string of the molecule is CC(C)NCCCCCOc1cnn(C(C)C)c1. The highest BCUT2D eigenvalue weighted by molar-refractivity contribution is 5.11. The fraction of sp³-hybridized carbons (Fsp3) is 0.786. The molecular formula is C14H27N3O. The summed E-state index contributed by atoms with van der Waals surface area (Å²) < 4.78 is 7.58. The average molecular weight is 253 g/mol. The highest BCUT2D eigenvalue weighted by Gasteiger charge is 2.02. The zero-order valence-electron chi connectivity index (χ0n) is 12.1. The molecule has 0 atom stereocenters. The van der Waals surface area contributed by atoms with Gasteiger partial charge in [-0.15, -0.1) is 0 Å². The number of aromatic nitrogens is 2. The van der Waals surface area contributed by atoms with E-state index in [0.717, 1.165) is 25.3 Å². The summed E-state index contributed by atoms with van der Waals surface area (Å²) in [5, 5.41) is 7.66. The quantitative estimate of drug-likeness (QED) is 0.688. The predicted octanol–water partition coefficient (Wildman–Crippen LogP) is 3.01. The molecule has 0 spiro atoms. The monoisotopic (exact) mass is 253 g/mol. The third kappa shape index (κ3) is 6.05. The van der Waals surface area contributed by atoms with E-state index < -0.39 is 0 Å². The predicted molar refractivity (Wildman–Crippen MR) is 75.1 cm³/mol. The molecule has 1 rings (SSSR count). The van der Waals surface area contributed by atoms with Crippen molar-refractivity contribution < 1.29 is 4.74 Å². The molecule has 0 aliphatic carbocycles. The van der Waals surface area contributed by atoms with E-state index in [9.17, 15) is 0 Å². The average Bonchev–Trinajstić information content (AvgIpc) is 2.76. The van der Waals surface area contributed by atoms with Gasteiger partial charge in [-0.1, -0.05) is 13.8 Å². The van der Waals surface area contributed by atoms with Gasteiger partial charge in [-0.2, -0.15) is 5.10 Å². The lowest BCUT2D eigenvalue weighted by Crippen LogP contribution is -2.23. The minimum absolute atomic E-state index is 0.393. The summed E-state index contributed by atoms with van der Waals surface area (Å²) in [4.78, 5) is 0. The first kappa shape index (κ1) is 15.0. The molecule has 1 N–H and O–H groups in total. The molecule has 0 saturated heterocycles. The van der Waals surface area contributed by atoms with Crippen molar-refractivity contribution in [1.29, 1.82) is 0 Å². The van der Waals surface area contributed by atoms with Gasteiger partial charge in [-0.25, -0.2) is 0 Å². The minimum atomic E-state index is 0.393. The van der Waals surface area contributed by atoms with Crippen LogP contribution in [0.2, 0.25) is 0 Å². The van der Waals surface area contributed by atoms with E-state index in [1.54, 1.807) is 6.20 Å². The van der Waals surface area contributed by atoms with Gasteiger partial charge in [0.2, 0.25) is 0 Å². The zero-order valence-corrected chi connectivity index (χ0v) is 12.1. The highest BCUT2D eigenvalue weighted by atomic mass is 16.5. The van der Waals surface area contributed by atoms with Crippen LogP contribution in [0.5, 0.6) is 5.75 Å². The second-order valence-electron chi connectivity index (χ2n) is 5.27. The van der Waals surface area contributed by atoms with Crippen LogP contribution in [0.4, 0.5) is 0 Å². The molecule has 4 heteroatoms. The lowest BCUT2D eigenvalue weighted by Gasteiger charge is -2.07. The van der Waals surface area contributed by atoms with Crippen molar-refractivity contribution >= 4 is 0 Å². The highest BCUT2D eigenvalue weighted by Crippen LogP contribution is 2.12. The zero-order chi connectivity index (χ0) is 13.4. The normalized spacial score (nSPS) is 11.4. The number of nitrogens with zero attached hydrogens (tertiary/aromatic N) is 2. The molecule has 0 fully saturated rings. The standard InChI is InChI=1S/C14H27N3O/c1-12(2)15-8-6-5-7-9-18-14-10-16-17(11-14)13(3)4/h10-13,15H,5-9H2,1-4H3. The Morgan fingerprint density at radius 2 is 2.00 bits per heavy atom. The summed E-state index contributed by atoms with van der Waals surface area (Å²) in [6.45, 7) is 10.5. The fourth-order valence-corrected chi connectivity index (χ4v) is 1.66. The molecule has 1 aromatic heterocycles. The lowest BCUT2D eigenvalue weighted by atomic mass is 10.2. The number of hydrogen-bond acceptors (Lipinski definition) is 3. The lowest BCUT2D eigenvalue weighted by molar-refractivity contribution is 0.304. The maximum Gasteiger partial charge on any atom is 0.157 e. The van der Waals surface area contributed by atoms with E-state index in [0.29, 0.717) is 12.1 Å². The van der Waals surface area contributed by atoms with E-state index >= 15 is 0 Å².